The van der Waals surface area contributed by atoms with E-state index in [4.69, 9.17) is 5.73 Å². The highest BCUT2D eigenvalue weighted by Gasteiger charge is 2.09. The monoisotopic (exact) mass is 177 g/mol. The van der Waals surface area contributed by atoms with Gasteiger partial charge in [0.25, 0.3) is 0 Å². The Morgan fingerprint density at radius 1 is 1.08 bits per heavy atom. The molecule has 5 nitrogen and oxygen atoms in total. The predicted molar refractivity (Wildman–Crippen MR) is 47.9 cm³/mol. The second kappa shape index (κ2) is 3.40. The minimum absolute atomic E-state index is 0.0231. The Morgan fingerprint density at radius 2 is 1.62 bits per heavy atom. The molecule has 2 aromatic heterocycles. The molecule has 0 spiro atoms. The molecule has 0 radical (unpaired) electrons. The Hall–Kier alpha value is -1.62. The molecule has 2 aromatic rings. The lowest BCUT2D eigenvalue weighted by Crippen LogP contribution is -2.26. The fourth-order valence-electron chi connectivity index (χ4n) is 1.25. The van der Waals surface area contributed by atoms with Crippen LogP contribution in [0.4, 0.5) is 0 Å². The van der Waals surface area contributed by atoms with Crippen LogP contribution in [0.3, 0.4) is 0 Å². The van der Waals surface area contributed by atoms with Crippen LogP contribution in [0, 0.1) is 0 Å². The number of aromatic nitrogens is 4. The molecule has 0 saturated heterocycles. The standard InChI is InChI=1S/C8H11N5/c9-7-8(12-5-1-3-10-12)13-6-2-4-11-13/h1-6,8H,7,9H2. The summed E-state index contributed by atoms with van der Waals surface area (Å²) >= 11 is 0. The molecule has 0 aliphatic rings. The third-order valence-corrected chi connectivity index (χ3v) is 1.87. The third-order valence-electron chi connectivity index (χ3n) is 1.87. The number of nitrogens with zero attached hydrogens (tertiary/aromatic N) is 4. The van der Waals surface area contributed by atoms with Crippen molar-refractivity contribution in [1.29, 1.82) is 0 Å². The first-order valence-corrected chi connectivity index (χ1v) is 4.10. The van der Waals surface area contributed by atoms with Gasteiger partial charge in [0.05, 0.1) is 0 Å². The van der Waals surface area contributed by atoms with Gasteiger partial charge in [-0.25, -0.2) is 9.36 Å². The maximum Gasteiger partial charge on any atom is 0.155 e. The number of hydrogen-bond acceptors (Lipinski definition) is 3. The van der Waals surface area contributed by atoms with Crippen molar-refractivity contribution in [3.05, 3.63) is 36.9 Å². The third kappa shape index (κ3) is 1.46. The highest BCUT2D eigenvalue weighted by molar-refractivity contribution is 4.86. The summed E-state index contributed by atoms with van der Waals surface area (Å²) in [5, 5.41) is 8.24. The van der Waals surface area contributed by atoms with E-state index in [1.165, 1.54) is 0 Å². The topological polar surface area (TPSA) is 61.7 Å². The van der Waals surface area contributed by atoms with Crippen molar-refractivity contribution in [1.82, 2.24) is 19.6 Å². The van der Waals surface area contributed by atoms with Crippen molar-refractivity contribution in [2.24, 2.45) is 5.73 Å². The maximum atomic E-state index is 5.63. The molecule has 0 fully saturated rings. The zero-order valence-electron chi connectivity index (χ0n) is 7.11. The summed E-state index contributed by atoms with van der Waals surface area (Å²) in [5.41, 5.74) is 5.63. The number of hydrogen-bond donors (Lipinski definition) is 1. The molecule has 0 atom stereocenters. The first-order valence-electron chi connectivity index (χ1n) is 4.10. The molecular weight excluding hydrogens is 166 g/mol. The second-order valence-electron chi connectivity index (χ2n) is 2.69. The van der Waals surface area contributed by atoms with Gasteiger partial charge in [-0.1, -0.05) is 0 Å². The van der Waals surface area contributed by atoms with Crippen molar-refractivity contribution >= 4 is 0 Å². The van der Waals surface area contributed by atoms with Crippen LogP contribution in [0.1, 0.15) is 6.17 Å². The molecule has 0 aliphatic heterocycles. The average Bonchev–Trinajstić information content (AvgIpc) is 2.76. The Morgan fingerprint density at radius 3 is 1.92 bits per heavy atom. The number of nitrogens with two attached hydrogens (primary N) is 1. The van der Waals surface area contributed by atoms with Gasteiger partial charge in [-0.05, 0) is 12.1 Å². The molecule has 2 N–H and O–H groups in total. The van der Waals surface area contributed by atoms with Crippen molar-refractivity contribution in [2.75, 3.05) is 6.54 Å². The largest absolute Gasteiger partial charge is 0.327 e. The fourth-order valence-corrected chi connectivity index (χ4v) is 1.25. The Balaban J connectivity index is 2.29. The Labute approximate surface area is 75.8 Å². The fraction of sp³-hybridized carbons (Fsp3) is 0.250. The first kappa shape index (κ1) is 8.00. The molecule has 0 saturated carbocycles. The molecule has 5 heteroatoms. The molecular formula is C8H11N5. The summed E-state index contributed by atoms with van der Waals surface area (Å²) in [6.45, 7) is 0.476. The average molecular weight is 177 g/mol. The van der Waals surface area contributed by atoms with E-state index in [-0.39, 0.29) is 6.17 Å². The van der Waals surface area contributed by atoms with Crippen molar-refractivity contribution in [3.8, 4) is 0 Å². The molecule has 0 aromatic carbocycles. The normalized spacial score (nSPS) is 10.9. The molecule has 68 valence electrons. The Bertz CT molecular complexity index is 302. The van der Waals surface area contributed by atoms with Crippen LogP contribution in [0.5, 0.6) is 0 Å². The lowest BCUT2D eigenvalue weighted by Gasteiger charge is -2.15. The van der Waals surface area contributed by atoms with E-state index < -0.39 is 0 Å². The quantitative estimate of drug-likeness (QED) is 0.722. The summed E-state index contributed by atoms with van der Waals surface area (Å²) < 4.78 is 3.57. The van der Waals surface area contributed by atoms with Crippen LogP contribution in [0.2, 0.25) is 0 Å². The lowest BCUT2D eigenvalue weighted by molar-refractivity contribution is 0.368. The van der Waals surface area contributed by atoms with Gasteiger partial charge in [0.2, 0.25) is 0 Å². The van der Waals surface area contributed by atoms with Gasteiger partial charge in [0.1, 0.15) is 0 Å². The SMILES string of the molecule is NCC(n1cccn1)n1cccn1. The van der Waals surface area contributed by atoms with E-state index in [0.29, 0.717) is 6.54 Å². The van der Waals surface area contributed by atoms with E-state index in [2.05, 4.69) is 10.2 Å². The van der Waals surface area contributed by atoms with Crippen LogP contribution in [0.15, 0.2) is 36.9 Å². The van der Waals surface area contributed by atoms with Gasteiger partial charge in [0, 0.05) is 31.3 Å². The van der Waals surface area contributed by atoms with Crippen LogP contribution in [-0.2, 0) is 0 Å². The second-order valence-corrected chi connectivity index (χ2v) is 2.69. The van der Waals surface area contributed by atoms with Crippen molar-refractivity contribution in [3.63, 3.8) is 0 Å². The van der Waals surface area contributed by atoms with Crippen molar-refractivity contribution in [2.45, 2.75) is 6.17 Å². The van der Waals surface area contributed by atoms with Crippen LogP contribution >= 0.6 is 0 Å². The molecule has 0 bridgehead atoms. The predicted octanol–water partition coefficient (Wildman–Crippen LogP) is 0.0852. The van der Waals surface area contributed by atoms with Crippen LogP contribution in [-0.4, -0.2) is 26.1 Å². The van der Waals surface area contributed by atoms with Crippen LogP contribution < -0.4 is 5.73 Å². The van der Waals surface area contributed by atoms with Gasteiger partial charge < -0.3 is 5.73 Å². The molecule has 2 heterocycles. The van der Waals surface area contributed by atoms with Gasteiger partial charge >= 0.3 is 0 Å². The highest BCUT2D eigenvalue weighted by Crippen LogP contribution is 2.04. The highest BCUT2D eigenvalue weighted by atomic mass is 15.4. The summed E-state index contributed by atoms with van der Waals surface area (Å²) in [6.07, 6.45) is 7.18. The zero-order chi connectivity index (χ0) is 9.10. The molecule has 0 aliphatic carbocycles. The van der Waals surface area contributed by atoms with E-state index in [9.17, 15) is 0 Å². The maximum absolute atomic E-state index is 5.63. The minimum Gasteiger partial charge on any atom is -0.327 e. The van der Waals surface area contributed by atoms with Gasteiger partial charge in [-0.2, -0.15) is 10.2 Å². The summed E-state index contributed by atoms with van der Waals surface area (Å²) in [5.74, 6) is 0. The van der Waals surface area contributed by atoms with Crippen molar-refractivity contribution < 1.29 is 0 Å². The molecule has 0 amide bonds. The molecule has 13 heavy (non-hydrogen) atoms. The van der Waals surface area contributed by atoms with Gasteiger partial charge in [-0.15, -0.1) is 0 Å². The summed E-state index contributed by atoms with van der Waals surface area (Å²) in [6, 6.07) is 3.73. The Kier molecular flexibility index (Phi) is 2.09. The molecule has 2 rings (SSSR count). The van der Waals surface area contributed by atoms with Gasteiger partial charge in [0.15, 0.2) is 6.17 Å². The van der Waals surface area contributed by atoms with Crippen LogP contribution in [0.25, 0.3) is 0 Å². The summed E-state index contributed by atoms with van der Waals surface area (Å²) in [4.78, 5) is 0. The molecule has 0 unspecified atom stereocenters. The number of rotatable bonds is 3. The smallest absolute Gasteiger partial charge is 0.155 e. The zero-order valence-corrected chi connectivity index (χ0v) is 7.11. The van der Waals surface area contributed by atoms with E-state index in [0.717, 1.165) is 0 Å². The lowest BCUT2D eigenvalue weighted by atomic mass is 10.5. The first-order chi connectivity index (χ1) is 6.42. The van der Waals surface area contributed by atoms with E-state index >= 15 is 0 Å². The van der Waals surface area contributed by atoms with E-state index in [1.807, 2.05) is 24.5 Å². The van der Waals surface area contributed by atoms with Gasteiger partial charge in [-0.3, -0.25) is 0 Å². The van der Waals surface area contributed by atoms with E-state index in [1.54, 1.807) is 21.8 Å². The minimum atomic E-state index is -0.0231. The summed E-state index contributed by atoms with van der Waals surface area (Å²) in [7, 11) is 0.